The Kier molecular flexibility index (Phi) is 5.42. The maximum absolute atomic E-state index is 14.3. The van der Waals surface area contributed by atoms with Crippen LogP contribution in [0.25, 0.3) is 33.2 Å². The number of benzene rings is 1. The summed E-state index contributed by atoms with van der Waals surface area (Å²) in [5.41, 5.74) is 3.94. The Balaban J connectivity index is 1.23. The van der Waals surface area contributed by atoms with E-state index in [0.29, 0.717) is 28.7 Å². The van der Waals surface area contributed by atoms with E-state index in [2.05, 4.69) is 15.2 Å². The Hall–Kier alpha value is -3.24. The number of hydrogen-bond donors (Lipinski definition) is 0. The molecule has 1 aliphatic carbocycles. The average molecular weight is 495 g/mol. The third kappa shape index (κ3) is 4.08. The Morgan fingerprint density at radius 3 is 2.56 bits per heavy atom. The number of aryl methyl sites for hydroxylation is 1. The highest BCUT2D eigenvalue weighted by atomic mass is 19.3. The van der Waals surface area contributed by atoms with Gasteiger partial charge in [-0.3, -0.25) is 19.0 Å². The number of hydrogen-bond acceptors (Lipinski definition) is 6. The Morgan fingerprint density at radius 2 is 1.86 bits per heavy atom. The van der Waals surface area contributed by atoms with E-state index in [-0.39, 0.29) is 24.9 Å². The molecule has 1 aromatic carbocycles. The Bertz CT molecular complexity index is 1500. The molecule has 0 amide bonds. The van der Waals surface area contributed by atoms with Crippen molar-refractivity contribution < 1.29 is 13.5 Å². The van der Waals surface area contributed by atoms with Gasteiger partial charge in [-0.25, -0.2) is 4.79 Å². The number of piperidine rings is 1. The number of rotatable bonds is 7. The van der Waals surface area contributed by atoms with Crippen LogP contribution in [0.1, 0.15) is 32.0 Å². The fraction of sp³-hybridized carbons (Fsp3) is 0.462. The van der Waals surface area contributed by atoms with E-state index in [4.69, 9.17) is 4.74 Å². The number of halogens is 2. The van der Waals surface area contributed by atoms with Crippen molar-refractivity contribution in [2.75, 3.05) is 19.6 Å². The number of imidazole rings is 1. The second-order valence-electron chi connectivity index (χ2n) is 10.3. The number of pyridine rings is 1. The summed E-state index contributed by atoms with van der Waals surface area (Å²) in [6.45, 7) is 4.78. The second kappa shape index (κ2) is 8.41. The van der Waals surface area contributed by atoms with Crippen LogP contribution in [0.2, 0.25) is 0 Å². The predicted molar refractivity (Wildman–Crippen MR) is 132 cm³/mol. The standard InChI is InChI=1S/C26H28F2N6O2/c1-15(2)34-23-21-9-16(5-7-22(21)30-31-24(23)32(3)25(34)35)17-4-6-20(29-10-17)13-36-26(27,28)14-33-11-18-8-19(18)12-33/h4-7,9-10,15,18-19H,8,11-14H2,1-3H3. The molecule has 2 fully saturated rings. The summed E-state index contributed by atoms with van der Waals surface area (Å²) in [6, 6.07) is 9.23. The largest absolute Gasteiger partial charge is 0.368 e. The van der Waals surface area contributed by atoms with E-state index in [1.165, 1.54) is 11.0 Å². The fourth-order valence-corrected chi connectivity index (χ4v) is 5.34. The van der Waals surface area contributed by atoms with Crippen LogP contribution < -0.4 is 5.69 Å². The lowest BCUT2D eigenvalue weighted by Crippen LogP contribution is -2.38. The van der Waals surface area contributed by atoms with E-state index in [1.54, 1.807) is 28.8 Å². The summed E-state index contributed by atoms with van der Waals surface area (Å²) in [5.74, 6) is 1.21. The van der Waals surface area contributed by atoms with Crippen molar-refractivity contribution in [3.8, 4) is 11.1 Å². The lowest BCUT2D eigenvalue weighted by molar-refractivity contribution is -0.253. The molecule has 1 aliphatic heterocycles. The molecule has 10 heteroatoms. The number of aromatic nitrogens is 5. The van der Waals surface area contributed by atoms with Crippen molar-refractivity contribution in [1.29, 1.82) is 0 Å². The van der Waals surface area contributed by atoms with Crippen LogP contribution in [-0.4, -0.2) is 55.0 Å². The Morgan fingerprint density at radius 1 is 1.11 bits per heavy atom. The normalized spacial score (nSPS) is 20.1. The van der Waals surface area contributed by atoms with Crippen LogP contribution in [0.4, 0.5) is 8.78 Å². The molecule has 1 saturated carbocycles. The first-order valence-corrected chi connectivity index (χ1v) is 12.3. The molecule has 1 saturated heterocycles. The molecule has 0 radical (unpaired) electrons. The molecule has 0 N–H and O–H groups in total. The van der Waals surface area contributed by atoms with Crippen molar-refractivity contribution in [3.63, 3.8) is 0 Å². The lowest BCUT2D eigenvalue weighted by Gasteiger charge is -2.24. The molecule has 4 heterocycles. The van der Waals surface area contributed by atoms with Gasteiger partial charge in [0.2, 0.25) is 0 Å². The van der Waals surface area contributed by atoms with Crippen LogP contribution in [0.15, 0.2) is 41.3 Å². The third-order valence-electron chi connectivity index (χ3n) is 7.34. The SMILES string of the molecule is CC(C)n1c(=O)n(C)c2nnc3ccc(-c4ccc(COC(F)(F)CN5CC6CC6C5)nc4)cc3c21. The smallest absolute Gasteiger partial charge is 0.313 e. The van der Waals surface area contributed by atoms with Crippen LogP contribution >= 0.6 is 0 Å². The minimum Gasteiger partial charge on any atom is -0.313 e. The molecule has 6 rings (SSSR count). The third-order valence-corrected chi connectivity index (χ3v) is 7.34. The maximum atomic E-state index is 14.3. The summed E-state index contributed by atoms with van der Waals surface area (Å²) in [6.07, 6.45) is -0.375. The van der Waals surface area contributed by atoms with E-state index in [9.17, 15) is 13.6 Å². The molecule has 0 bridgehead atoms. The van der Waals surface area contributed by atoms with Crippen molar-refractivity contribution in [2.24, 2.45) is 18.9 Å². The zero-order chi connectivity index (χ0) is 25.2. The summed E-state index contributed by atoms with van der Waals surface area (Å²) in [7, 11) is 1.69. The van der Waals surface area contributed by atoms with E-state index < -0.39 is 6.11 Å². The van der Waals surface area contributed by atoms with Gasteiger partial charge in [-0.2, -0.15) is 8.78 Å². The summed E-state index contributed by atoms with van der Waals surface area (Å²) in [5, 5.41) is 9.38. The zero-order valence-electron chi connectivity index (χ0n) is 20.5. The first kappa shape index (κ1) is 23.2. The predicted octanol–water partition coefficient (Wildman–Crippen LogP) is 3.99. The van der Waals surface area contributed by atoms with E-state index >= 15 is 0 Å². The summed E-state index contributed by atoms with van der Waals surface area (Å²) < 4.78 is 36.8. The summed E-state index contributed by atoms with van der Waals surface area (Å²) in [4.78, 5) is 18.9. The monoisotopic (exact) mass is 494 g/mol. The van der Waals surface area contributed by atoms with Gasteiger partial charge in [0.05, 0.1) is 24.4 Å². The summed E-state index contributed by atoms with van der Waals surface area (Å²) >= 11 is 0. The number of ether oxygens (including phenoxy) is 1. The molecule has 36 heavy (non-hydrogen) atoms. The molecule has 8 nitrogen and oxygen atoms in total. The molecule has 2 aliphatic rings. The second-order valence-corrected chi connectivity index (χ2v) is 10.3. The highest BCUT2D eigenvalue weighted by molar-refractivity contribution is 6.02. The Labute approximate surface area is 206 Å². The fourth-order valence-electron chi connectivity index (χ4n) is 5.34. The average Bonchev–Trinajstić information content (AvgIpc) is 3.37. The van der Waals surface area contributed by atoms with Crippen molar-refractivity contribution in [1.82, 2.24) is 29.2 Å². The van der Waals surface area contributed by atoms with Crippen molar-refractivity contribution >= 4 is 22.1 Å². The van der Waals surface area contributed by atoms with Crippen molar-refractivity contribution in [3.05, 3.63) is 52.7 Å². The molecule has 2 atom stereocenters. The first-order chi connectivity index (χ1) is 17.2. The molecular formula is C26H28F2N6O2. The number of likely N-dealkylation sites (tertiary alicyclic amines) is 1. The van der Waals surface area contributed by atoms with Gasteiger partial charge in [-0.1, -0.05) is 12.1 Å². The van der Waals surface area contributed by atoms with Gasteiger partial charge in [-0.15, -0.1) is 10.2 Å². The van der Waals surface area contributed by atoms with Crippen LogP contribution in [0.3, 0.4) is 0 Å². The van der Waals surface area contributed by atoms with Crippen LogP contribution in [0, 0.1) is 11.8 Å². The lowest BCUT2D eigenvalue weighted by atomic mass is 10.0. The minimum atomic E-state index is -3.20. The molecular weight excluding hydrogens is 466 g/mol. The van der Waals surface area contributed by atoms with Crippen LogP contribution in [0.5, 0.6) is 0 Å². The topological polar surface area (TPSA) is 78.1 Å². The molecule has 188 valence electrons. The highest BCUT2D eigenvalue weighted by Gasteiger charge is 2.47. The quantitative estimate of drug-likeness (QED) is 0.387. The van der Waals surface area contributed by atoms with Gasteiger partial charge >= 0.3 is 11.8 Å². The molecule has 0 spiro atoms. The van der Waals surface area contributed by atoms with E-state index in [0.717, 1.165) is 35.1 Å². The minimum absolute atomic E-state index is 0.0486. The highest BCUT2D eigenvalue weighted by Crippen LogP contribution is 2.45. The van der Waals surface area contributed by atoms with Gasteiger partial charge in [0.25, 0.3) is 0 Å². The first-order valence-electron chi connectivity index (χ1n) is 12.3. The van der Waals surface area contributed by atoms with Crippen LogP contribution in [-0.2, 0) is 18.4 Å². The van der Waals surface area contributed by atoms with Gasteiger partial charge in [0.1, 0.15) is 5.52 Å². The number of alkyl halides is 2. The van der Waals surface area contributed by atoms with Gasteiger partial charge in [0, 0.05) is 43.3 Å². The van der Waals surface area contributed by atoms with Crippen molar-refractivity contribution in [2.45, 2.75) is 39.0 Å². The van der Waals surface area contributed by atoms with E-state index in [1.807, 2.05) is 38.1 Å². The molecule has 4 aromatic rings. The molecule has 2 unspecified atom stereocenters. The number of nitrogens with zero attached hydrogens (tertiary/aromatic N) is 6. The van der Waals surface area contributed by atoms with Gasteiger partial charge in [0.15, 0.2) is 5.65 Å². The van der Waals surface area contributed by atoms with Gasteiger partial charge < -0.3 is 4.74 Å². The molecule has 3 aromatic heterocycles. The van der Waals surface area contributed by atoms with Gasteiger partial charge in [-0.05, 0) is 55.9 Å². The number of fused-ring (bicyclic) bond motifs is 4. The zero-order valence-corrected chi connectivity index (χ0v) is 20.5. The maximum Gasteiger partial charge on any atom is 0.368 e.